The van der Waals surface area contributed by atoms with Crippen molar-refractivity contribution in [3.05, 3.63) is 0 Å². The largest absolute Gasteiger partial charge is 0.349 e. The fraction of sp³-hybridized carbons (Fsp3) is 0.917. The second-order valence-electron chi connectivity index (χ2n) is 5.44. The summed E-state index contributed by atoms with van der Waals surface area (Å²) in [6, 6.07) is 0. The fourth-order valence-corrected chi connectivity index (χ4v) is 4.31. The van der Waals surface area contributed by atoms with E-state index in [0.29, 0.717) is 31.8 Å². The minimum absolute atomic E-state index is 0.0483. The third-order valence-corrected chi connectivity index (χ3v) is 6.06. The average Bonchev–Trinajstić information content (AvgIpc) is 2.37. The second kappa shape index (κ2) is 6.90. The monoisotopic (exact) mass is 310 g/mol. The first-order valence-corrected chi connectivity index (χ1v) is 8.67. The van der Waals surface area contributed by atoms with Crippen molar-refractivity contribution < 1.29 is 13.2 Å². The minimum Gasteiger partial charge on any atom is -0.349 e. The van der Waals surface area contributed by atoms with Crippen LogP contribution in [-0.2, 0) is 14.8 Å². The van der Waals surface area contributed by atoms with Crippen molar-refractivity contribution in [3.8, 4) is 0 Å². The molecule has 0 saturated carbocycles. The van der Waals surface area contributed by atoms with E-state index in [0.717, 1.165) is 0 Å². The molecule has 1 aliphatic heterocycles. The first kappa shape index (κ1) is 16.7. The molecule has 1 unspecified atom stereocenters. The van der Waals surface area contributed by atoms with Gasteiger partial charge < -0.3 is 4.90 Å². The number of rotatable bonds is 5. The molecule has 0 aromatic rings. The predicted molar refractivity (Wildman–Crippen MR) is 76.7 cm³/mol. The van der Waals surface area contributed by atoms with Gasteiger partial charge in [0.05, 0.1) is 5.75 Å². The van der Waals surface area contributed by atoms with Gasteiger partial charge in [-0.1, -0.05) is 6.92 Å². The van der Waals surface area contributed by atoms with E-state index in [1.54, 1.807) is 19.0 Å². The molecule has 1 aliphatic rings. The minimum atomic E-state index is -3.24. The predicted octanol–water partition coefficient (Wildman–Crippen LogP) is 0.991. The molecule has 0 aliphatic carbocycles. The Bertz CT molecular complexity index is 403. The molecule has 7 heteroatoms. The van der Waals surface area contributed by atoms with E-state index in [1.165, 1.54) is 4.31 Å². The highest BCUT2D eigenvalue weighted by atomic mass is 35.5. The summed E-state index contributed by atoms with van der Waals surface area (Å²) in [5.41, 5.74) is 0. The van der Waals surface area contributed by atoms with E-state index in [9.17, 15) is 13.2 Å². The van der Waals surface area contributed by atoms with Crippen LogP contribution in [0, 0.1) is 11.8 Å². The summed E-state index contributed by atoms with van der Waals surface area (Å²) in [4.78, 5) is 13.4. The number of amides is 1. The number of halogens is 1. The normalized spacial score (nSPS) is 20.2. The van der Waals surface area contributed by atoms with E-state index in [2.05, 4.69) is 0 Å². The van der Waals surface area contributed by atoms with Crippen molar-refractivity contribution >= 4 is 27.5 Å². The van der Waals surface area contributed by atoms with Gasteiger partial charge in [0.1, 0.15) is 0 Å². The van der Waals surface area contributed by atoms with E-state index in [4.69, 9.17) is 11.6 Å². The van der Waals surface area contributed by atoms with Crippen molar-refractivity contribution in [2.24, 2.45) is 11.8 Å². The van der Waals surface area contributed by atoms with Gasteiger partial charge in [-0.15, -0.1) is 11.6 Å². The van der Waals surface area contributed by atoms with Crippen molar-refractivity contribution in [1.29, 1.82) is 0 Å². The average molecular weight is 311 g/mol. The van der Waals surface area contributed by atoms with Crippen molar-refractivity contribution in [2.45, 2.75) is 19.8 Å². The number of alkyl halides is 1. The van der Waals surface area contributed by atoms with Crippen LogP contribution < -0.4 is 0 Å². The maximum absolute atomic E-state index is 12.1. The number of carbonyl (C=O) groups is 1. The van der Waals surface area contributed by atoms with Crippen molar-refractivity contribution in [1.82, 2.24) is 9.21 Å². The lowest BCUT2D eigenvalue weighted by Gasteiger charge is -2.32. The lowest BCUT2D eigenvalue weighted by Crippen LogP contribution is -2.44. The van der Waals surface area contributed by atoms with Crippen LogP contribution in [0.25, 0.3) is 0 Å². The Morgan fingerprint density at radius 1 is 1.37 bits per heavy atom. The van der Waals surface area contributed by atoms with Gasteiger partial charge in [0.15, 0.2) is 0 Å². The molecule has 0 radical (unpaired) electrons. The molecular weight excluding hydrogens is 288 g/mol. The molecule has 1 heterocycles. The Hall–Kier alpha value is -0.330. The van der Waals surface area contributed by atoms with E-state index in [-0.39, 0.29) is 23.5 Å². The van der Waals surface area contributed by atoms with Gasteiger partial charge in [0.2, 0.25) is 15.9 Å². The molecule has 1 atom stereocenters. The number of piperidine rings is 1. The number of hydrogen-bond acceptors (Lipinski definition) is 3. The summed E-state index contributed by atoms with van der Waals surface area (Å²) in [6.45, 7) is 2.69. The maximum atomic E-state index is 12.1. The highest BCUT2D eigenvalue weighted by molar-refractivity contribution is 7.89. The molecule has 1 rings (SSSR count). The lowest BCUT2D eigenvalue weighted by atomic mass is 9.97. The lowest BCUT2D eigenvalue weighted by molar-refractivity contribution is -0.134. The van der Waals surface area contributed by atoms with Crippen LogP contribution in [0.5, 0.6) is 0 Å². The molecule has 1 amide bonds. The standard InChI is InChI=1S/C12H23ClN2O3S/c1-10(8-13)9-19(17,18)15-6-4-11(5-7-15)12(16)14(2)3/h10-11H,4-9H2,1-3H3. The Morgan fingerprint density at radius 3 is 2.32 bits per heavy atom. The quantitative estimate of drug-likeness (QED) is 0.712. The van der Waals surface area contributed by atoms with E-state index >= 15 is 0 Å². The second-order valence-corrected chi connectivity index (χ2v) is 7.77. The molecule has 0 aromatic heterocycles. The molecule has 112 valence electrons. The fourth-order valence-electron chi connectivity index (χ4n) is 2.26. The number of nitrogens with zero attached hydrogens (tertiary/aromatic N) is 2. The molecule has 1 fully saturated rings. The molecule has 0 bridgehead atoms. The van der Waals surface area contributed by atoms with Crippen LogP contribution in [-0.4, -0.2) is 62.3 Å². The molecular formula is C12H23ClN2O3S. The maximum Gasteiger partial charge on any atom is 0.225 e. The third-order valence-electron chi connectivity index (χ3n) is 3.40. The third kappa shape index (κ3) is 4.61. The topological polar surface area (TPSA) is 57.7 Å². The van der Waals surface area contributed by atoms with Gasteiger partial charge in [-0.3, -0.25) is 4.79 Å². The van der Waals surface area contributed by atoms with Crippen LogP contribution in [0.1, 0.15) is 19.8 Å². The Morgan fingerprint density at radius 2 is 1.89 bits per heavy atom. The molecule has 0 aromatic carbocycles. The van der Waals surface area contributed by atoms with E-state index < -0.39 is 10.0 Å². The highest BCUT2D eigenvalue weighted by Crippen LogP contribution is 2.22. The van der Waals surface area contributed by atoms with E-state index in [1.807, 2.05) is 6.92 Å². The summed E-state index contributed by atoms with van der Waals surface area (Å²) in [5, 5.41) is 0. The molecule has 5 nitrogen and oxygen atoms in total. The molecule has 0 spiro atoms. The summed E-state index contributed by atoms with van der Waals surface area (Å²) in [6.07, 6.45) is 1.21. The summed E-state index contributed by atoms with van der Waals surface area (Å²) < 4.78 is 25.8. The number of hydrogen-bond donors (Lipinski definition) is 0. The van der Waals surface area contributed by atoms with Crippen LogP contribution >= 0.6 is 11.6 Å². The molecule has 19 heavy (non-hydrogen) atoms. The zero-order chi connectivity index (χ0) is 14.6. The zero-order valence-electron chi connectivity index (χ0n) is 11.8. The van der Waals surface area contributed by atoms with Crippen LogP contribution in [0.3, 0.4) is 0 Å². The van der Waals surface area contributed by atoms with Crippen molar-refractivity contribution in [3.63, 3.8) is 0 Å². The molecule has 1 saturated heterocycles. The van der Waals surface area contributed by atoms with Gasteiger partial charge in [0.25, 0.3) is 0 Å². The zero-order valence-corrected chi connectivity index (χ0v) is 13.4. The Balaban J connectivity index is 2.56. The number of sulfonamides is 1. The number of carbonyl (C=O) groups excluding carboxylic acids is 1. The highest BCUT2D eigenvalue weighted by Gasteiger charge is 2.32. The van der Waals surface area contributed by atoms with Crippen LogP contribution in [0.15, 0.2) is 0 Å². The van der Waals surface area contributed by atoms with Crippen LogP contribution in [0.2, 0.25) is 0 Å². The smallest absolute Gasteiger partial charge is 0.225 e. The van der Waals surface area contributed by atoms with Gasteiger partial charge in [0, 0.05) is 39.0 Å². The first-order chi connectivity index (χ1) is 8.77. The Labute approximate surface area is 120 Å². The van der Waals surface area contributed by atoms with Gasteiger partial charge in [-0.25, -0.2) is 12.7 Å². The van der Waals surface area contributed by atoms with Crippen LogP contribution in [0.4, 0.5) is 0 Å². The Kier molecular flexibility index (Phi) is 6.08. The SMILES string of the molecule is CC(CCl)CS(=O)(=O)N1CCC(C(=O)N(C)C)CC1. The van der Waals surface area contributed by atoms with Gasteiger partial charge in [-0.05, 0) is 18.8 Å². The van der Waals surface area contributed by atoms with Gasteiger partial charge in [-0.2, -0.15) is 0 Å². The van der Waals surface area contributed by atoms with Gasteiger partial charge >= 0.3 is 0 Å². The summed E-state index contributed by atoms with van der Waals surface area (Å²) >= 11 is 5.66. The molecule has 0 N–H and O–H groups in total. The summed E-state index contributed by atoms with van der Waals surface area (Å²) in [5.74, 6) is 0.420. The van der Waals surface area contributed by atoms with Crippen molar-refractivity contribution in [2.75, 3.05) is 38.8 Å². The first-order valence-electron chi connectivity index (χ1n) is 6.53. The summed E-state index contributed by atoms with van der Waals surface area (Å²) in [7, 11) is 0.219.